The lowest BCUT2D eigenvalue weighted by molar-refractivity contribution is 1.13. The summed E-state index contributed by atoms with van der Waals surface area (Å²) in [5.74, 6) is 0.722. The van der Waals surface area contributed by atoms with E-state index in [1.807, 2.05) is 24.3 Å². The fourth-order valence-corrected chi connectivity index (χ4v) is 7.94. The van der Waals surface area contributed by atoms with Crippen molar-refractivity contribution in [2.24, 2.45) is 0 Å². The summed E-state index contributed by atoms with van der Waals surface area (Å²) in [7, 11) is 0. The molecule has 0 bridgehead atoms. The maximum atomic E-state index is 5.15. The molecule has 0 spiro atoms. The van der Waals surface area contributed by atoms with Crippen LogP contribution in [0.1, 0.15) is 11.1 Å². The number of aryl methyl sites for hydroxylation is 2. The number of benzene rings is 7. The summed E-state index contributed by atoms with van der Waals surface area (Å²) in [4.78, 5) is 10.2. The predicted molar refractivity (Wildman–Crippen MR) is 216 cm³/mol. The second-order valence-corrected chi connectivity index (χ2v) is 13.6. The molecule has 0 aliphatic heterocycles. The first-order valence-electron chi connectivity index (χ1n) is 17.8. The molecule has 0 N–H and O–H groups in total. The third-order valence-electron chi connectivity index (χ3n) is 10.4. The lowest BCUT2D eigenvalue weighted by atomic mass is 9.99. The summed E-state index contributed by atoms with van der Waals surface area (Å²) in [6, 6.07) is 60.4. The Labute approximate surface area is 301 Å². The second-order valence-electron chi connectivity index (χ2n) is 13.6. The van der Waals surface area contributed by atoms with Gasteiger partial charge >= 0.3 is 0 Å². The Kier molecular flexibility index (Phi) is 6.90. The van der Waals surface area contributed by atoms with E-state index in [4.69, 9.17) is 9.97 Å². The normalized spacial score (nSPS) is 11.7. The van der Waals surface area contributed by atoms with Crippen molar-refractivity contribution in [3.05, 3.63) is 181 Å². The smallest absolute Gasteiger partial charge is 0.160 e. The molecule has 0 saturated heterocycles. The molecular weight excluding hydrogens is 633 g/mol. The molecule has 10 rings (SSSR count). The molecule has 0 aliphatic carbocycles. The van der Waals surface area contributed by atoms with Crippen LogP contribution in [0.2, 0.25) is 0 Å². The highest BCUT2D eigenvalue weighted by molar-refractivity contribution is 6.12. The Hall–Kier alpha value is -6.78. The van der Waals surface area contributed by atoms with Crippen molar-refractivity contribution in [2.45, 2.75) is 13.8 Å². The molecule has 10 aromatic rings. The van der Waals surface area contributed by atoms with E-state index >= 15 is 0 Å². The van der Waals surface area contributed by atoms with E-state index in [9.17, 15) is 0 Å². The van der Waals surface area contributed by atoms with Gasteiger partial charge in [-0.05, 0) is 79.6 Å². The number of hydrogen-bond donors (Lipinski definition) is 0. The van der Waals surface area contributed by atoms with Crippen LogP contribution in [-0.4, -0.2) is 19.1 Å². The second kappa shape index (κ2) is 11.9. The molecule has 3 aromatic heterocycles. The van der Waals surface area contributed by atoms with Crippen molar-refractivity contribution >= 4 is 43.6 Å². The molecule has 0 saturated carbocycles. The fraction of sp³-hybridized carbons (Fsp3) is 0.0417. The van der Waals surface area contributed by atoms with Crippen molar-refractivity contribution in [1.82, 2.24) is 19.1 Å². The number of aromatic nitrogens is 4. The molecule has 7 aromatic carbocycles. The van der Waals surface area contributed by atoms with E-state index in [0.717, 1.165) is 50.8 Å². The summed E-state index contributed by atoms with van der Waals surface area (Å²) in [6.07, 6.45) is 0. The molecule has 4 heteroatoms. The summed E-state index contributed by atoms with van der Waals surface area (Å²) >= 11 is 0. The van der Waals surface area contributed by atoms with Gasteiger partial charge in [0.2, 0.25) is 0 Å². The Bertz CT molecular complexity index is 2860. The molecule has 0 aliphatic rings. The molecular formula is C48H34N4. The third kappa shape index (κ3) is 4.76. The number of fused-ring (bicyclic) bond motifs is 6. The Balaban J connectivity index is 1.15. The average molecular weight is 667 g/mol. The van der Waals surface area contributed by atoms with Gasteiger partial charge in [-0.1, -0.05) is 115 Å². The van der Waals surface area contributed by atoms with E-state index in [1.54, 1.807) is 0 Å². The van der Waals surface area contributed by atoms with Crippen LogP contribution in [0.25, 0.3) is 88.9 Å². The van der Waals surface area contributed by atoms with Crippen LogP contribution in [0, 0.1) is 13.8 Å². The van der Waals surface area contributed by atoms with Crippen molar-refractivity contribution < 1.29 is 0 Å². The first-order valence-corrected chi connectivity index (χ1v) is 17.8. The number of nitrogens with zero attached hydrogens (tertiary/aromatic N) is 4. The van der Waals surface area contributed by atoms with Gasteiger partial charge in [0.15, 0.2) is 5.82 Å². The summed E-state index contributed by atoms with van der Waals surface area (Å²) in [5, 5.41) is 4.99. The fourth-order valence-electron chi connectivity index (χ4n) is 7.94. The standard InChI is InChI=1S/C48H34N4/c1-31-28-47(32(2)27-39(31)42-30-41(33-15-5-3-6-16-33)49-48(50-42)34-17-7-4-8-18-34)52-45-24-14-11-21-38(45)40-29-35(25-26-46(40)52)51-43-22-12-9-19-36(43)37-20-10-13-23-44(37)51/h3-30H,1-2H3. The van der Waals surface area contributed by atoms with E-state index in [-0.39, 0.29) is 0 Å². The number of hydrogen-bond acceptors (Lipinski definition) is 2. The molecule has 3 heterocycles. The van der Waals surface area contributed by atoms with Crippen LogP contribution in [0.3, 0.4) is 0 Å². The molecule has 52 heavy (non-hydrogen) atoms. The van der Waals surface area contributed by atoms with Crippen molar-refractivity contribution in [3.8, 4) is 45.3 Å². The van der Waals surface area contributed by atoms with Crippen LogP contribution in [0.15, 0.2) is 170 Å². The maximum Gasteiger partial charge on any atom is 0.160 e. The topological polar surface area (TPSA) is 35.6 Å². The van der Waals surface area contributed by atoms with Crippen LogP contribution in [-0.2, 0) is 0 Å². The molecule has 4 nitrogen and oxygen atoms in total. The van der Waals surface area contributed by atoms with Gasteiger partial charge in [0, 0.05) is 49.6 Å². The van der Waals surface area contributed by atoms with Crippen LogP contribution >= 0.6 is 0 Å². The Morgan fingerprint density at radius 1 is 0.385 bits per heavy atom. The number of para-hydroxylation sites is 3. The van der Waals surface area contributed by atoms with Crippen LogP contribution in [0.5, 0.6) is 0 Å². The molecule has 246 valence electrons. The predicted octanol–water partition coefficient (Wildman–Crippen LogP) is 12.3. The van der Waals surface area contributed by atoms with E-state index < -0.39 is 0 Å². The Morgan fingerprint density at radius 2 is 0.904 bits per heavy atom. The molecule has 0 atom stereocenters. The van der Waals surface area contributed by atoms with Crippen molar-refractivity contribution in [2.75, 3.05) is 0 Å². The van der Waals surface area contributed by atoms with Gasteiger partial charge in [0.05, 0.1) is 33.5 Å². The molecule has 0 radical (unpaired) electrons. The zero-order chi connectivity index (χ0) is 34.8. The highest BCUT2D eigenvalue weighted by Gasteiger charge is 2.19. The quantitative estimate of drug-likeness (QED) is 0.183. The van der Waals surface area contributed by atoms with E-state index in [0.29, 0.717) is 0 Å². The zero-order valence-corrected chi connectivity index (χ0v) is 29.0. The van der Waals surface area contributed by atoms with Gasteiger partial charge in [-0.3, -0.25) is 0 Å². The number of rotatable bonds is 5. The van der Waals surface area contributed by atoms with Crippen LogP contribution < -0.4 is 0 Å². The van der Waals surface area contributed by atoms with Crippen molar-refractivity contribution in [3.63, 3.8) is 0 Å². The first kappa shape index (κ1) is 30.1. The summed E-state index contributed by atoms with van der Waals surface area (Å²) in [6.45, 7) is 4.40. The minimum absolute atomic E-state index is 0.722. The van der Waals surface area contributed by atoms with E-state index in [2.05, 4.69) is 169 Å². The lowest BCUT2D eigenvalue weighted by Crippen LogP contribution is -2.01. The largest absolute Gasteiger partial charge is 0.309 e. The van der Waals surface area contributed by atoms with Gasteiger partial charge in [-0.15, -0.1) is 0 Å². The van der Waals surface area contributed by atoms with Gasteiger partial charge in [0.1, 0.15) is 0 Å². The molecule has 0 amide bonds. The van der Waals surface area contributed by atoms with Gasteiger partial charge in [-0.25, -0.2) is 9.97 Å². The Morgan fingerprint density at radius 3 is 1.56 bits per heavy atom. The highest BCUT2D eigenvalue weighted by Crippen LogP contribution is 2.39. The third-order valence-corrected chi connectivity index (χ3v) is 10.4. The molecule has 0 fully saturated rings. The van der Waals surface area contributed by atoms with Gasteiger partial charge < -0.3 is 9.13 Å². The highest BCUT2D eigenvalue weighted by atomic mass is 15.0. The van der Waals surface area contributed by atoms with Crippen LogP contribution in [0.4, 0.5) is 0 Å². The monoisotopic (exact) mass is 666 g/mol. The molecule has 0 unspecified atom stereocenters. The minimum atomic E-state index is 0.722. The lowest BCUT2D eigenvalue weighted by Gasteiger charge is -2.16. The average Bonchev–Trinajstić information content (AvgIpc) is 3.71. The first-order chi connectivity index (χ1) is 25.6. The van der Waals surface area contributed by atoms with Crippen molar-refractivity contribution in [1.29, 1.82) is 0 Å². The minimum Gasteiger partial charge on any atom is -0.309 e. The summed E-state index contributed by atoms with van der Waals surface area (Å²) < 4.78 is 4.83. The maximum absolute atomic E-state index is 5.15. The summed E-state index contributed by atoms with van der Waals surface area (Å²) in [5.41, 5.74) is 14.4. The zero-order valence-electron chi connectivity index (χ0n) is 29.0. The SMILES string of the molecule is Cc1cc(-n2c3ccccc3c3cc(-n4c5ccccc5c5ccccc54)ccc32)c(C)cc1-c1cc(-c2ccccc2)nc(-c2ccccc2)n1. The van der Waals surface area contributed by atoms with E-state index in [1.165, 1.54) is 49.2 Å². The van der Waals surface area contributed by atoms with Gasteiger partial charge in [0.25, 0.3) is 0 Å². The van der Waals surface area contributed by atoms with Gasteiger partial charge in [-0.2, -0.15) is 0 Å².